The van der Waals surface area contributed by atoms with Crippen LogP contribution in [0.25, 0.3) is 0 Å². The Morgan fingerprint density at radius 2 is 1.58 bits per heavy atom. The highest BCUT2D eigenvalue weighted by Crippen LogP contribution is 2.61. The van der Waals surface area contributed by atoms with Gasteiger partial charge in [-0.1, -0.05) is 18.2 Å². The monoisotopic (exact) mass is 290 g/mol. The molecule has 0 aliphatic carbocycles. The minimum atomic E-state index is -3.86. The highest BCUT2D eigenvalue weighted by atomic mass is 31.2. The molecular formula is C13H20FO4P. The van der Waals surface area contributed by atoms with Gasteiger partial charge in [0.15, 0.2) is 5.85 Å². The second kappa shape index (κ2) is 6.62. The van der Waals surface area contributed by atoms with Gasteiger partial charge in [0.2, 0.25) is 0 Å². The molecule has 1 aromatic carbocycles. The summed E-state index contributed by atoms with van der Waals surface area (Å²) in [7, 11) is -3.86. The molecule has 1 rings (SSSR count). The van der Waals surface area contributed by atoms with Crippen molar-refractivity contribution < 1.29 is 23.1 Å². The molecule has 0 saturated carbocycles. The number of aliphatic hydroxyl groups excluding tert-OH is 1. The van der Waals surface area contributed by atoms with E-state index in [9.17, 15) is 14.1 Å². The van der Waals surface area contributed by atoms with Crippen molar-refractivity contribution in [2.24, 2.45) is 0 Å². The maximum absolute atomic E-state index is 13.7. The zero-order valence-corrected chi connectivity index (χ0v) is 12.4. The van der Waals surface area contributed by atoms with Gasteiger partial charge in [-0.15, -0.1) is 0 Å². The van der Waals surface area contributed by atoms with Crippen LogP contribution in [0.1, 0.15) is 39.1 Å². The number of benzene rings is 1. The third-order valence-electron chi connectivity index (χ3n) is 2.20. The standard InChI is InChI=1S/C13H20FO4P/c1-9(2)17-19(16,18-10(3)4)13(15)11-7-5-6-8-12(11)14/h5-10,13,15H,1-4H3/t13-/m1/s1. The van der Waals surface area contributed by atoms with Crippen LogP contribution in [-0.4, -0.2) is 17.3 Å². The molecule has 0 bridgehead atoms. The van der Waals surface area contributed by atoms with E-state index in [1.54, 1.807) is 33.8 Å². The number of hydrogen-bond donors (Lipinski definition) is 1. The van der Waals surface area contributed by atoms with Gasteiger partial charge < -0.3 is 14.2 Å². The van der Waals surface area contributed by atoms with E-state index in [0.717, 1.165) is 0 Å². The first-order chi connectivity index (χ1) is 8.76. The van der Waals surface area contributed by atoms with Gasteiger partial charge in [0.1, 0.15) is 5.82 Å². The number of aliphatic hydroxyl groups is 1. The SMILES string of the molecule is CC(C)OP(=O)(OC(C)C)[C@@H](O)c1ccccc1F. The fourth-order valence-corrected chi connectivity index (χ4v) is 3.59. The number of halogens is 1. The largest absolute Gasteiger partial charge is 0.376 e. The summed E-state index contributed by atoms with van der Waals surface area (Å²) in [5.41, 5.74) is -0.0906. The van der Waals surface area contributed by atoms with Crippen LogP contribution in [0.2, 0.25) is 0 Å². The highest BCUT2D eigenvalue weighted by molar-refractivity contribution is 7.54. The molecule has 0 aliphatic rings. The molecule has 0 amide bonds. The van der Waals surface area contributed by atoms with E-state index in [2.05, 4.69) is 0 Å². The molecule has 1 N–H and O–H groups in total. The Kier molecular flexibility index (Phi) is 5.68. The van der Waals surface area contributed by atoms with Gasteiger partial charge in [-0.2, -0.15) is 0 Å². The third kappa shape index (κ3) is 4.39. The number of rotatable bonds is 6. The van der Waals surface area contributed by atoms with E-state index in [0.29, 0.717) is 0 Å². The molecular weight excluding hydrogens is 270 g/mol. The molecule has 0 radical (unpaired) electrons. The van der Waals surface area contributed by atoms with Crippen molar-refractivity contribution in [3.8, 4) is 0 Å². The normalized spacial score (nSPS) is 14.1. The lowest BCUT2D eigenvalue weighted by Crippen LogP contribution is -2.14. The van der Waals surface area contributed by atoms with Gasteiger partial charge in [0.05, 0.1) is 12.2 Å². The summed E-state index contributed by atoms with van der Waals surface area (Å²) in [5, 5.41) is 10.2. The van der Waals surface area contributed by atoms with Gasteiger partial charge in [-0.25, -0.2) is 4.39 Å². The maximum Gasteiger partial charge on any atom is 0.364 e. The van der Waals surface area contributed by atoms with Gasteiger partial charge in [0, 0.05) is 5.56 Å². The lowest BCUT2D eigenvalue weighted by Gasteiger charge is -2.27. The van der Waals surface area contributed by atoms with Crippen molar-refractivity contribution >= 4 is 7.60 Å². The van der Waals surface area contributed by atoms with E-state index in [4.69, 9.17) is 9.05 Å². The molecule has 108 valence electrons. The van der Waals surface area contributed by atoms with Gasteiger partial charge >= 0.3 is 7.60 Å². The predicted molar refractivity (Wildman–Crippen MR) is 71.4 cm³/mol. The second-order valence-corrected chi connectivity index (χ2v) is 6.73. The Hall–Kier alpha value is -0.740. The Morgan fingerprint density at radius 3 is 2.00 bits per heavy atom. The van der Waals surface area contributed by atoms with Crippen LogP contribution >= 0.6 is 7.60 Å². The quantitative estimate of drug-likeness (QED) is 0.808. The molecule has 19 heavy (non-hydrogen) atoms. The van der Waals surface area contributed by atoms with Crippen molar-refractivity contribution in [1.29, 1.82) is 0 Å². The summed E-state index contributed by atoms with van der Waals surface area (Å²) >= 11 is 0. The number of hydrogen-bond acceptors (Lipinski definition) is 4. The van der Waals surface area contributed by atoms with Crippen LogP contribution in [0.15, 0.2) is 24.3 Å². The molecule has 0 spiro atoms. The Morgan fingerprint density at radius 1 is 1.11 bits per heavy atom. The van der Waals surface area contributed by atoms with Crippen LogP contribution in [0.4, 0.5) is 4.39 Å². The van der Waals surface area contributed by atoms with E-state index in [1.165, 1.54) is 18.2 Å². The summed E-state index contributed by atoms with van der Waals surface area (Å²) < 4.78 is 36.8. The first kappa shape index (κ1) is 16.3. The molecule has 0 saturated heterocycles. The molecule has 0 unspecified atom stereocenters. The smallest absolute Gasteiger partial charge is 0.364 e. The first-order valence-electron chi connectivity index (χ1n) is 6.15. The lowest BCUT2D eigenvalue weighted by molar-refractivity contribution is 0.0999. The van der Waals surface area contributed by atoms with Crippen molar-refractivity contribution in [3.05, 3.63) is 35.6 Å². The Labute approximate surface area is 113 Å². The second-order valence-electron chi connectivity index (χ2n) is 4.74. The average molecular weight is 290 g/mol. The van der Waals surface area contributed by atoms with E-state index < -0.39 is 31.5 Å². The molecule has 0 aliphatic heterocycles. The van der Waals surface area contributed by atoms with Crippen LogP contribution in [0, 0.1) is 5.82 Å². The van der Waals surface area contributed by atoms with Crippen molar-refractivity contribution in [2.75, 3.05) is 0 Å². The van der Waals surface area contributed by atoms with Crippen molar-refractivity contribution in [1.82, 2.24) is 0 Å². The van der Waals surface area contributed by atoms with Crippen LogP contribution in [0.5, 0.6) is 0 Å². The molecule has 6 heteroatoms. The first-order valence-corrected chi connectivity index (χ1v) is 7.76. The van der Waals surface area contributed by atoms with Crippen LogP contribution < -0.4 is 0 Å². The fraction of sp³-hybridized carbons (Fsp3) is 0.538. The minimum Gasteiger partial charge on any atom is -0.376 e. The average Bonchev–Trinajstić information content (AvgIpc) is 2.26. The summed E-state index contributed by atoms with van der Waals surface area (Å²) in [4.78, 5) is 0. The molecule has 4 nitrogen and oxygen atoms in total. The molecule has 0 fully saturated rings. The molecule has 1 aromatic rings. The van der Waals surface area contributed by atoms with E-state index in [1.807, 2.05) is 0 Å². The van der Waals surface area contributed by atoms with E-state index in [-0.39, 0.29) is 5.56 Å². The Bertz CT molecular complexity index is 448. The molecule has 1 atom stereocenters. The zero-order valence-electron chi connectivity index (χ0n) is 11.5. The zero-order chi connectivity index (χ0) is 14.6. The van der Waals surface area contributed by atoms with Crippen LogP contribution in [-0.2, 0) is 13.6 Å². The van der Waals surface area contributed by atoms with E-state index >= 15 is 0 Å². The fourth-order valence-electron chi connectivity index (χ4n) is 1.58. The summed E-state index contributed by atoms with van der Waals surface area (Å²) in [5.74, 6) is -2.28. The maximum atomic E-state index is 13.7. The van der Waals surface area contributed by atoms with Gasteiger partial charge in [-0.3, -0.25) is 4.57 Å². The summed E-state index contributed by atoms with van der Waals surface area (Å²) in [6.07, 6.45) is -0.822. The Balaban J connectivity index is 3.11. The lowest BCUT2D eigenvalue weighted by atomic mass is 10.2. The highest BCUT2D eigenvalue weighted by Gasteiger charge is 2.39. The predicted octanol–water partition coefficient (Wildman–Crippen LogP) is 3.86. The minimum absolute atomic E-state index is 0.0906. The molecule has 0 heterocycles. The third-order valence-corrected chi connectivity index (χ3v) is 4.51. The van der Waals surface area contributed by atoms with Crippen molar-refractivity contribution in [2.45, 2.75) is 45.7 Å². The summed E-state index contributed by atoms with van der Waals surface area (Å²) in [6.45, 7) is 6.68. The van der Waals surface area contributed by atoms with Crippen molar-refractivity contribution in [3.63, 3.8) is 0 Å². The van der Waals surface area contributed by atoms with Crippen LogP contribution in [0.3, 0.4) is 0 Å². The molecule has 0 aromatic heterocycles. The van der Waals surface area contributed by atoms with Gasteiger partial charge in [0.25, 0.3) is 0 Å². The van der Waals surface area contributed by atoms with Gasteiger partial charge in [-0.05, 0) is 33.8 Å². The summed E-state index contributed by atoms with van der Waals surface area (Å²) in [6, 6.07) is 5.59. The topological polar surface area (TPSA) is 55.8 Å².